The molecule has 1 N–H and O–H groups in total. The lowest BCUT2D eigenvalue weighted by Crippen LogP contribution is -2.34. The van der Waals surface area contributed by atoms with Gasteiger partial charge in [0.1, 0.15) is 5.01 Å². The molecule has 9 heteroatoms. The molecule has 38 heavy (non-hydrogen) atoms. The molecule has 2 aromatic heterocycles. The van der Waals surface area contributed by atoms with Crippen LogP contribution in [0.25, 0.3) is 0 Å². The average molecular weight is 536 g/mol. The molecule has 202 valence electrons. The first-order valence-corrected chi connectivity index (χ1v) is 13.3. The van der Waals surface area contributed by atoms with Crippen molar-refractivity contribution in [1.82, 2.24) is 20.4 Å². The van der Waals surface area contributed by atoms with E-state index < -0.39 is 18.0 Å². The Hall–Kier alpha value is -3.72. The average Bonchev–Trinajstić information content (AvgIpc) is 3.31. The number of nitrogens with one attached hydrogen (secondary N) is 1. The number of amides is 1. The molecule has 0 aliphatic carbocycles. The molecular weight excluding hydrogens is 498 g/mol. The highest BCUT2D eigenvalue weighted by Gasteiger charge is 2.27. The largest absolute Gasteiger partial charge is 0.447 e. The van der Waals surface area contributed by atoms with Crippen LogP contribution in [0.15, 0.2) is 71.9 Å². The van der Waals surface area contributed by atoms with Crippen LogP contribution in [0.2, 0.25) is 0 Å². The highest BCUT2D eigenvalue weighted by molar-refractivity contribution is 7.15. The topological polar surface area (TPSA) is 107 Å². The SMILES string of the molecule is C=C/C(C)=C\C(=C)CC(=O)OC(C(=O)Nc1nnc(CCCCc2ccc(C)nn2)s1)/C(C=C(C)C)=C/C. The molecule has 2 rings (SSSR count). The number of ether oxygens (including phenoxy) is 1. The lowest BCUT2D eigenvalue weighted by atomic mass is 10.1. The van der Waals surface area contributed by atoms with Crippen LogP contribution in [0.5, 0.6) is 0 Å². The number of aromatic nitrogens is 4. The monoisotopic (exact) mass is 535 g/mol. The van der Waals surface area contributed by atoms with Gasteiger partial charge in [0, 0.05) is 6.42 Å². The third kappa shape index (κ3) is 10.7. The van der Waals surface area contributed by atoms with Crippen LogP contribution in [0.4, 0.5) is 5.13 Å². The number of aryl methyl sites for hydroxylation is 3. The first-order valence-electron chi connectivity index (χ1n) is 12.5. The van der Waals surface area contributed by atoms with Crippen molar-refractivity contribution in [3.8, 4) is 0 Å². The van der Waals surface area contributed by atoms with Gasteiger partial charge in [0.25, 0.3) is 5.91 Å². The fourth-order valence-electron chi connectivity index (χ4n) is 3.43. The van der Waals surface area contributed by atoms with E-state index in [2.05, 4.69) is 38.9 Å². The van der Waals surface area contributed by atoms with Gasteiger partial charge in [0.05, 0.1) is 17.8 Å². The number of carbonyl (C=O) groups excluding carboxylic acids is 2. The Kier molecular flexibility index (Phi) is 12.5. The summed E-state index contributed by atoms with van der Waals surface area (Å²) in [5, 5.41) is 20.5. The fourth-order valence-corrected chi connectivity index (χ4v) is 4.21. The Bertz CT molecular complexity index is 1220. The molecule has 0 aromatic carbocycles. The number of carbonyl (C=O) groups is 2. The van der Waals surface area contributed by atoms with Gasteiger partial charge in [-0.1, -0.05) is 59.9 Å². The van der Waals surface area contributed by atoms with Crippen LogP contribution >= 0.6 is 11.3 Å². The van der Waals surface area contributed by atoms with Gasteiger partial charge in [-0.25, -0.2) is 0 Å². The fraction of sp³-hybridized carbons (Fsp3) is 0.379. The van der Waals surface area contributed by atoms with Gasteiger partial charge in [-0.15, -0.1) is 10.2 Å². The zero-order valence-electron chi connectivity index (χ0n) is 22.9. The van der Waals surface area contributed by atoms with Crippen molar-refractivity contribution in [3.63, 3.8) is 0 Å². The van der Waals surface area contributed by atoms with Crippen molar-refractivity contribution >= 4 is 28.3 Å². The molecule has 0 radical (unpaired) electrons. The smallest absolute Gasteiger partial charge is 0.311 e. The van der Waals surface area contributed by atoms with Crippen molar-refractivity contribution < 1.29 is 14.3 Å². The molecule has 0 saturated carbocycles. The van der Waals surface area contributed by atoms with E-state index in [0.717, 1.165) is 53.2 Å². The molecule has 0 spiro atoms. The Morgan fingerprint density at radius 2 is 1.82 bits per heavy atom. The summed E-state index contributed by atoms with van der Waals surface area (Å²) in [7, 11) is 0. The van der Waals surface area contributed by atoms with E-state index >= 15 is 0 Å². The highest BCUT2D eigenvalue weighted by Crippen LogP contribution is 2.21. The van der Waals surface area contributed by atoms with E-state index in [-0.39, 0.29) is 6.42 Å². The van der Waals surface area contributed by atoms with Crippen LogP contribution in [-0.2, 0) is 27.2 Å². The van der Waals surface area contributed by atoms with Gasteiger partial charge in [0.15, 0.2) is 0 Å². The van der Waals surface area contributed by atoms with E-state index in [1.165, 1.54) is 11.3 Å². The summed E-state index contributed by atoms with van der Waals surface area (Å²) in [6, 6.07) is 3.95. The predicted molar refractivity (Wildman–Crippen MR) is 153 cm³/mol. The molecule has 2 heterocycles. The molecule has 0 aliphatic heterocycles. The summed E-state index contributed by atoms with van der Waals surface area (Å²) in [5.41, 5.74) is 4.86. The Labute approximate surface area is 229 Å². The molecule has 0 fully saturated rings. The van der Waals surface area contributed by atoms with Crippen LogP contribution in [-0.4, -0.2) is 38.4 Å². The van der Waals surface area contributed by atoms with Gasteiger partial charge >= 0.3 is 5.97 Å². The molecule has 2 aromatic rings. The third-order valence-electron chi connectivity index (χ3n) is 5.33. The van der Waals surface area contributed by atoms with E-state index in [1.54, 1.807) is 25.2 Å². The molecule has 1 unspecified atom stereocenters. The molecule has 1 atom stereocenters. The normalized spacial score (nSPS) is 12.4. The highest BCUT2D eigenvalue weighted by atomic mass is 32.1. The summed E-state index contributed by atoms with van der Waals surface area (Å²) in [4.78, 5) is 25.9. The minimum absolute atomic E-state index is 0.0437. The number of hydrogen-bond donors (Lipinski definition) is 1. The lowest BCUT2D eigenvalue weighted by molar-refractivity contribution is -0.151. The number of esters is 1. The standard InChI is InChI=1S/C29H37N5O3S/c1-8-20(5)17-21(6)18-26(35)37-27(23(9-2)16-19(3)4)28(36)30-29-34-33-25(38-29)13-11-10-12-24-15-14-22(7)31-32-24/h8-9,14-17,27H,1,6,10-13,18H2,2-5,7H3,(H,30,34,36)/b20-17-,23-9+. The molecule has 0 saturated heterocycles. The maximum Gasteiger partial charge on any atom is 0.311 e. The van der Waals surface area contributed by atoms with Crippen molar-refractivity contribution in [3.05, 3.63) is 88.3 Å². The first-order chi connectivity index (χ1) is 18.1. The van der Waals surface area contributed by atoms with Gasteiger partial charge in [-0.3, -0.25) is 14.9 Å². The number of nitrogens with zero attached hydrogens (tertiary/aromatic N) is 4. The summed E-state index contributed by atoms with van der Waals surface area (Å²) in [6.45, 7) is 17.0. The van der Waals surface area contributed by atoms with Gasteiger partial charge in [-0.05, 0) is 77.2 Å². The van der Waals surface area contributed by atoms with E-state index in [0.29, 0.717) is 16.3 Å². The first kappa shape index (κ1) is 30.5. The van der Waals surface area contributed by atoms with E-state index in [1.807, 2.05) is 45.9 Å². The predicted octanol–water partition coefficient (Wildman–Crippen LogP) is 6.04. The molecule has 0 bridgehead atoms. The number of anilines is 1. The van der Waals surface area contributed by atoms with Crippen LogP contribution in [0.1, 0.15) is 63.4 Å². The minimum Gasteiger partial charge on any atom is -0.447 e. The molecule has 0 aliphatic rings. The Morgan fingerprint density at radius 1 is 1.08 bits per heavy atom. The zero-order valence-corrected chi connectivity index (χ0v) is 23.7. The van der Waals surface area contributed by atoms with Gasteiger partial charge < -0.3 is 4.74 Å². The van der Waals surface area contributed by atoms with Crippen molar-refractivity contribution in [2.45, 2.75) is 72.8 Å². The minimum atomic E-state index is -1.14. The second-order valence-electron chi connectivity index (χ2n) is 9.17. The van der Waals surface area contributed by atoms with Crippen molar-refractivity contribution in [2.75, 3.05) is 5.32 Å². The maximum absolute atomic E-state index is 13.2. The summed E-state index contributed by atoms with van der Waals surface area (Å²) < 4.78 is 5.63. The number of allylic oxidation sites excluding steroid dienone is 5. The summed E-state index contributed by atoms with van der Waals surface area (Å²) in [6.07, 6.45) is 9.25. The Balaban J connectivity index is 2.01. The van der Waals surface area contributed by atoms with Crippen LogP contribution in [0, 0.1) is 6.92 Å². The molecular formula is C29H37N5O3S. The second kappa shape index (κ2) is 15.5. The summed E-state index contributed by atoms with van der Waals surface area (Å²) in [5.74, 6) is -1.05. The van der Waals surface area contributed by atoms with E-state index in [9.17, 15) is 9.59 Å². The van der Waals surface area contributed by atoms with Crippen LogP contribution in [0.3, 0.4) is 0 Å². The third-order valence-corrected chi connectivity index (χ3v) is 6.23. The zero-order chi connectivity index (χ0) is 28.1. The van der Waals surface area contributed by atoms with Gasteiger partial charge in [-0.2, -0.15) is 10.2 Å². The number of hydrogen-bond acceptors (Lipinski definition) is 8. The second-order valence-corrected chi connectivity index (χ2v) is 10.2. The quantitative estimate of drug-likeness (QED) is 0.178. The van der Waals surface area contributed by atoms with E-state index in [4.69, 9.17) is 4.74 Å². The van der Waals surface area contributed by atoms with Crippen molar-refractivity contribution in [2.24, 2.45) is 0 Å². The van der Waals surface area contributed by atoms with Crippen molar-refractivity contribution in [1.29, 1.82) is 0 Å². The lowest BCUT2D eigenvalue weighted by Gasteiger charge is -2.18. The maximum atomic E-state index is 13.2. The Morgan fingerprint density at radius 3 is 2.45 bits per heavy atom. The summed E-state index contributed by atoms with van der Waals surface area (Å²) >= 11 is 1.31. The molecule has 1 amide bonds. The van der Waals surface area contributed by atoms with Crippen LogP contribution < -0.4 is 5.32 Å². The number of unbranched alkanes of at least 4 members (excludes halogenated alkanes) is 1. The van der Waals surface area contributed by atoms with Gasteiger partial charge in [0.2, 0.25) is 11.2 Å². The number of rotatable bonds is 14. The molecule has 8 nitrogen and oxygen atoms in total.